The average molecular weight is 311 g/mol. The van der Waals surface area contributed by atoms with Crippen LogP contribution in [0.25, 0.3) is 0 Å². The summed E-state index contributed by atoms with van der Waals surface area (Å²) in [6.07, 6.45) is -0.384. The third kappa shape index (κ3) is 7.75. The monoisotopic (exact) mass is 311 g/mol. The molecule has 0 spiro atoms. The molecular weight excluding hydrogens is 282 g/mol. The highest BCUT2D eigenvalue weighted by Gasteiger charge is 2.13. The van der Waals surface area contributed by atoms with Gasteiger partial charge in [-0.15, -0.1) is 0 Å². The van der Waals surface area contributed by atoms with Crippen LogP contribution in [0.4, 0.5) is 0 Å². The van der Waals surface area contributed by atoms with E-state index in [1.807, 2.05) is 32.0 Å². The van der Waals surface area contributed by atoms with Gasteiger partial charge in [0.05, 0.1) is 32.5 Å². The lowest BCUT2D eigenvalue weighted by Gasteiger charge is -2.25. The van der Waals surface area contributed by atoms with Crippen LogP contribution in [0, 0.1) is 0 Å². The minimum Gasteiger partial charge on any atom is -0.497 e. The van der Waals surface area contributed by atoms with Crippen LogP contribution < -0.4 is 4.74 Å². The quantitative estimate of drug-likeness (QED) is 0.677. The Labute approximate surface area is 133 Å². The van der Waals surface area contributed by atoms with Gasteiger partial charge in [0.2, 0.25) is 0 Å². The van der Waals surface area contributed by atoms with Gasteiger partial charge >= 0.3 is 0 Å². The van der Waals surface area contributed by atoms with Gasteiger partial charge in [0, 0.05) is 26.7 Å². The molecule has 0 aliphatic carbocycles. The lowest BCUT2D eigenvalue weighted by atomic mass is 10.2. The fraction of sp³-hybridized carbons (Fsp3) is 0.647. The van der Waals surface area contributed by atoms with Crippen LogP contribution >= 0.6 is 0 Å². The van der Waals surface area contributed by atoms with Crippen molar-refractivity contribution in [3.63, 3.8) is 0 Å². The average Bonchev–Trinajstić information content (AvgIpc) is 2.50. The van der Waals surface area contributed by atoms with E-state index >= 15 is 0 Å². The maximum Gasteiger partial charge on any atom is 0.119 e. The number of aliphatic hydroxyl groups is 1. The van der Waals surface area contributed by atoms with Crippen LogP contribution in [0.3, 0.4) is 0 Å². The van der Waals surface area contributed by atoms with Crippen molar-refractivity contribution in [1.82, 2.24) is 4.90 Å². The maximum atomic E-state index is 10.1. The zero-order valence-electron chi connectivity index (χ0n) is 14.1. The molecule has 22 heavy (non-hydrogen) atoms. The van der Waals surface area contributed by atoms with Crippen molar-refractivity contribution in [2.24, 2.45) is 0 Å². The number of ether oxygens (including phenoxy) is 3. The highest BCUT2D eigenvalue weighted by molar-refractivity contribution is 5.28. The topological polar surface area (TPSA) is 51.2 Å². The summed E-state index contributed by atoms with van der Waals surface area (Å²) < 4.78 is 15.9. The van der Waals surface area contributed by atoms with Gasteiger partial charge in [-0.1, -0.05) is 12.1 Å². The lowest BCUT2D eigenvalue weighted by Crippen LogP contribution is -2.37. The van der Waals surface area contributed by atoms with Crippen molar-refractivity contribution in [3.05, 3.63) is 29.8 Å². The van der Waals surface area contributed by atoms with Crippen LogP contribution in [0.15, 0.2) is 24.3 Å². The second-order valence-corrected chi connectivity index (χ2v) is 5.62. The highest BCUT2D eigenvalue weighted by Crippen LogP contribution is 2.14. The van der Waals surface area contributed by atoms with Crippen LogP contribution in [-0.2, 0) is 16.0 Å². The molecule has 0 saturated carbocycles. The normalized spacial score (nSPS) is 12.9. The molecule has 0 aromatic heterocycles. The van der Waals surface area contributed by atoms with E-state index in [9.17, 15) is 5.11 Å². The van der Waals surface area contributed by atoms with Gasteiger partial charge in [-0.2, -0.15) is 0 Å². The first-order chi connectivity index (χ1) is 10.5. The summed E-state index contributed by atoms with van der Waals surface area (Å²) >= 11 is 0. The third-order valence-electron chi connectivity index (χ3n) is 3.24. The van der Waals surface area contributed by atoms with Gasteiger partial charge in [0.15, 0.2) is 0 Å². The molecule has 1 N–H and O–H groups in total. The summed E-state index contributed by atoms with van der Waals surface area (Å²) in [5.41, 5.74) is 1.15. The Morgan fingerprint density at radius 3 is 2.64 bits per heavy atom. The zero-order valence-corrected chi connectivity index (χ0v) is 14.1. The molecule has 0 heterocycles. The molecular formula is C17H29NO4. The molecule has 0 unspecified atom stereocenters. The van der Waals surface area contributed by atoms with Gasteiger partial charge in [-0.05, 0) is 31.5 Å². The van der Waals surface area contributed by atoms with Crippen molar-refractivity contribution in [2.75, 3.05) is 40.5 Å². The van der Waals surface area contributed by atoms with E-state index in [1.54, 1.807) is 14.2 Å². The summed E-state index contributed by atoms with van der Waals surface area (Å²) in [6.45, 7) is 6.94. The number of methoxy groups -OCH3 is 2. The Bertz CT molecular complexity index is 411. The predicted octanol–water partition coefficient (Wildman–Crippen LogP) is 1.93. The first-order valence-electron chi connectivity index (χ1n) is 7.69. The Hall–Kier alpha value is -1.14. The molecule has 0 fully saturated rings. The van der Waals surface area contributed by atoms with Crippen molar-refractivity contribution < 1.29 is 19.3 Å². The first-order valence-corrected chi connectivity index (χ1v) is 7.69. The van der Waals surface area contributed by atoms with Crippen molar-refractivity contribution in [1.29, 1.82) is 0 Å². The Kier molecular flexibility index (Phi) is 9.08. The molecule has 0 bridgehead atoms. The van der Waals surface area contributed by atoms with Crippen LogP contribution in [0.5, 0.6) is 5.75 Å². The maximum absolute atomic E-state index is 10.1. The van der Waals surface area contributed by atoms with Gasteiger partial charge in [-0.3, -0.25) is 4.90 Å². The molecule has 5 nitrogen and oxygen atoms in total. The molecule has 126 valence electrons. The van der Waals surface area contributed by atoms with Crippen LogP contribution in [0.1, 0.15) is 19.4 Å². The van der Waals surface area contributed by atoms with E-state index in [-0.39, 0.29) is 6.10 Å². The number of hydrogen-bond donors (Lipinski definition) is 1. The van der Waals surface area contributed by atoms with E-state index < -0.39 is 6.10 Å². The van der Waals surface area contributed by atoms with E-state index in [0.717, 1.165) is 24.4 Å². The lowest BCUT2D eigenvalue weighted by molar-refractivity contribution is -0.0121. The van der Waals surface area contributed by atoms with E-state index in [4.69, 9.17) is 14.2 Å². The molecule has 5 heteroatoms. The van der Waals surface area contributed by atoms with Crippen molar-refractivity contribution in [3.8, 4) is 5.75 Å². The molecule has 1 atom stereocenters. The fourth-order valence-corrected chi connectivity index (χ4v) is 2.14. The number of hydrogen-bond acceptors (Lipinski definition) is 5. The van der Waals surface area contributed by atoms with Crippen molar-refractivity contribution >= 4 is 0 Å². The molecule has 0 aliphatic heterocycles. The minimum atomic E-state index is -0.509. The molecule has 0 aliphatic rings. The molecule has 1 aromatic rings. The predicted molar refractivity (Wildman–Crippen MR) is 87.2 cm³/mol. The smallest absolute Gasteiger partial charge is 0.119 e. The van der Waals surface area contributed by atoms with Gasteiger partial charge < -0.3 is 19.3 Å². The van der Waals surface area contributed by atoms with Gasteiger partial charge in [0.1, 0.15) is 5.75 Å². The summed E-state index contributed by atoms with van der Waals surface area (Å²) in [5.74, 6) is 0.841. The number of nitrogens with zero attached hydrogens (tertiary/aromatic N) is 1. The molecule has 1 aromatic carbocycles. The molecule has 0 saturated heterocycles. The van der Waals surface area contributed by atoms with E-state index in [1.165, 1.54) is 0 Å². The zero-order chi connectivity index (χ0) is 16.4. The van der Waals surface area contributed by atoms with Gasteiger partial charge in [0.25, 0.3) is 0 Å². The standard InChI is InChI=1S/C17H29NO4/c1-14(2)22-13-16(19)12-18(8-9-20-3)11-15-6-5-7-17(10-15)21-4/h5-7,10,14,16,19H,8-9,11-13H2,1-4H3/t16-/m0/s1. The van der Waals surface area contributed by atoms with E-state index in [0.29, 0.717) is 19.8 Å². The number of rotatable bonds is 11. The Balaban J connectivity index is 2.58. The Morgan fingerprint density at radius 1 is 1.23 bits per heavy atom. The third-order valence-corrected chi connectivity index (χ3v) is 3.24. The number of aliphatic hydroxyl groups excluding tert-OH is 1. The summed E-state index contributed by atoms with van der Waals surface area (Å²) in [5, 5.41) is 10.1. The van der Waals surface area contributed by atoms with Crippen LogP contribution in [0.2, 0.25) is 0 Å². The largest absolute Gasteiger partial charge is 0.497 e. The molecule has 0 amide bonds. The summed E-state index contributed by atoms with van der Waals surface area (Å²) in [7, 11) is 3.34. The SMILES string of the molecule is COCCN(Cc1cccc(OC)c1)C[C@H](O)COC(C)C. The van der Waals surface area contributed by atoms with Gasteiger partial charge in [-0.25, -0.2) is 0 Å². The Morgan fingerprint density at radius 2 is 2.00 bits per heavy atom. The second kappa shape index (κ2) is 10.6. The molecule has 0 radical (unpaired) electrons. The van der Waals surface area contributed by atoms with Crippen molar-refractivity contribution in [2.45, 2.75) is 32.6 Å². The summed E-state index contributed by atoms with van der Waals surface area (Å²) in [4.78, 5) is 2.16. The fourth-order valence-electron chi connectivity index (χ4n) is 2.14. The first kappa shape index (κ1) is 18.9. The van der Waals surface area contributed by atoms with Crippen LogP contribution in [-0.4, -0.2) is 62.7 Å². The highest BCUT2D eigenvalue weighted by atomic mass is 16.5. The molecule has 1 rings (SSSR count). The van der Waals surface area contributed by atoms with E-state index in [2.05, 4.69) is 11.0 Å². The second-order valence-electron chi connectivity index (χ2n) is 5.62. The minimum absolute atomic E-state index is 0.125. The number of benzene rings is 1. The summed E-state index contributed by atoms with van der Waals surface area (Å²) in [6, 6.07) is 7.96.